The quantitative estimate of drug-likeness (QED) is 0.785. The average molecular weight is 359 g/mol. The van der Waals surface area contributed by atoms with Gasteiger partial charge in [-0.1, -0.05) is 18.2 Å². The van der Waals surface area contributed by atoms with Gasteiger partial charge in [-0.3, -0.25) is 9.59 Å². The Morgan fingerprint density at radius 1 is 1.32 bits per heavy atom. The first-order valence-electron chi connectivity index (χ1n) is 7.97. The molecular formula is C17H20F3NO4. The second-order valence-corrected chi connectivity index (χ2v) is 6.25. The number of ether oxygens (including phenoxy) is 1. The third kappa shape index (κ3) is 5.74. The van der Waals surface area contributed by atoms with Gasteiger partial charge in [0.15, 0.2) is 0 Å². The van der Waals surface area contributed by atoms with Crippen molar-refractivity contribution < 1.29 is 32.6 Å². The Balaban J connectivity index is 1.85. The van der Waals surface area contributed by atoms with Crippen LogP contribution in [-0.2, 0) is 26.9 Å². The minimum absolute atomic E-state index is 0.109. The number of aryl methyl sites for hydroxylation is 1. The monoisotopic (exact) mass is 359 g/mol. The van der Waals surface area contributed by atoms with Crippen molar-refractivity contribution >= 4 is 11.9 Å². The number of carboxylic acid groups (broad SMARTS) is 1. The Morgan fingerprint density at radius 2 is 2.08 bits per heavy atom. The molecule has 1 aliphatic rings. The molecule has 1 unspecified atom stereocenters. The number of hydrogen-bond acceptors (Lipinski definition) is 3. The lowest BCUT2D eigenvalue weighted by Crippen LogP contribution is -2.50. The van der Waals surface area contributed by atoms with Crippen LogP contribution in [0.5, 0.6) is 0 Å². The van der Waals surface area contributed by atoms with Gasteiger partial charge in [-0.25, -0.2) is 0 Å². The van der Waals surface area contributed by atoms with Gasteiger partial charge in [0.2, 0.25) is 5.91 Å². The molecule has 2 N–H and O–H groups in total. The van der Waals surface area contributed by atoms with Gasteiger partial charge in [-0.15, -0.1) is 0 Å². The fourth-order valence-electron chi connectivity index (χ4n) is 2.89. The number of carbonyl (C=O) groups is 2. The molecule has 1 saturated heterocycles. The van der Waals surface area contributed by atoms with Crippen LogP contribution in [0.2, 0.25) is 0 Å². The first-order chi connectivity index (χ1) is 11.7. The molecule has 5 nitrogen and oxygen atoms in total. The van der Waals surface area contributed by atoms with E-state index in [1.807, 2.05) is 0 Å². The largest absolute Gasteiger partial charge is 0.481 e. The second-order valence-electron chi connectivity index (χ2n) is 6.25. The molecular weight excluding hydrogens is 339 g/mol. The van der Waals surface area contributed by atoms with E-state index in [4.69, 9.17) is 9.84 Å². The summed E-state index contributed by atoms with van der Waals surface area (Å²) in [6.45, 7) is 0.538. The van der Waals surface area contributed by atoms with E-state index in [9.17, 15) is 22.8 Å². The van der Waals surface area contributed by atoms with Gasteiger partial charge in [-0.05, 0) is 30.9 Å². The van der Waals surface area contributed by atoms with Crippen LogP contribution in [0.25, 0.3) is 0 Å². The number of carboxylic acids is 1. The van der Waals surface area contributed by atoms with Gasteiger partial charge >= 0.3 is 12.1 Å². The summed E-state index contributed by atoms with van der Waals surface area (Å²) < 4.78 is 43.2. The van der Waals surface area contributed by atoms with Crippen LogP contribution in [0.1, 0.15) is 36.8 Å². The van der Waals surface area contributed by atoms with Crippen LogP contribution in [0.15, 0.2) is 24.3 Å². The molecule has 1 heterocycles. The molecule has 0 bridgehead atoms. The maximum atomic E-state index is 12.7. The maximum absolute atomic E-state index is 12.7. The molecule has 0 spiro atoms. The molecule has 1 aliphatic heterocycles. The Bertz CT molecular complexity index is 625. The summed E-state index contributed by atoms with van der Waals surface area (Å²) in [6, 6.07) is 5.01. The molecule has 1 fully saturated rings. The van der Waals surface area contributed by atoms with Gasteiger partial charge < -0.3 is 15.2 Å². The van der Waals surface area contributed by atoms with Gasteiger partial charge in [0.25, 0.3) is 0 Å². The molecule has 0 saturated carbocycles. The number of carbonyl (C=O) groups excluding carboxylic acids is 1. The van der Waals surface area contributed by atoms with Gasteiger partial charge in [-0.2, -0.15) is 13.2 Å². The van der Waals surface area contributed by atoms with E-state index in [2.05, 4.69) is 5.32 Å². The Kier molecular flexibility index (Phi) is 6.05. The summed E-state index contributed by atoms with van der Waals surface area (Å²) in [4.78, 5) is 23.0. The van der Waals surface area contributed by atoms with Crippen LogP contribution in [0, 0.1) is 0 Å². The smallest absolute Gasteiger partial charge is 0.416 e. The molecule has 0 aromatic heterocycles. The van der Waals surface area contributed by atoms with Crippen molar-refractivity contribution in [1.82, 2.24) is 5.32 Å². The summed E-state index contributed by atoms with van der Waals surface area (Å²) in [5.41, 5.74) is -1.09. The second kappa shape index (κ2) is 7.86. The molecule has 1 aromatic carbocycles. The van der Waals surface area contributed by atoms with E-state index in [0.29, 0.717) is 31.4 Å². The maximum Gasteiger partial charge on any atom is 0.416 e. The first kappa shape index (κ1) is 19.2. The van der Waals surface area contributed by atoms with Crippen LogP contribution in [-0.4, -0.2) is 35.7 Å². The van der Waals surface area contributed by atoms with E-state index in [-0.39, 0.29) is 25.4 Å². The Hall–Kier alpha value is -2.09. The van der Waals surface area contributed by atoms with Crippen molar-refractivity contribution in [3.63, 3.8) is 0 Å². The molecule has 8 heteroatoms. The molecule has 1 amide bonds. The minimum atomic E-state index is -4.39. The number of benzene rings is 1. The number of halogens is 3. The van der Waals surface area contributed by atoms with Crippen LogP contribution in [0.4, 0.5) is 13.2 Å². The lowest BCUT2D eigenvalue weighted by atomic mass is 9.94. The van der Waals surface area contributed by atoms with Gasteiger partial charge in [0.05, 0.1) is 24.1 Å². The van der Waals surface area contributed by atoms with Crippen molar-refractivity contribution in [2.24, 2.45) is 0 Å². The molecule has 25 heavy (non-hydrogen) atoms. The predicted molar refractivity (Wildman–Crippen MR) is 82.9 cm³/mol. The van der Waals surface area contributed by atoms with Crippen molar-refractivity contribution in [1.29, 1.82) is 0 Å². The minimum Gasteiger partial charge on any atom is -0.481 e. The fraction of sp³-hybridized carbons (Fsp3) is 0.529. The average Bonchev–Trinajstić information content (AvgIpc) is 2.93. The van der Waals surface area contributed by atoms with Crippen molar-refractivity contribution in [2.75, 3.05) is 13.2 Å². The molecule has 2 rings (SSSR count). The molecule has 1 atom stereocenters. The van der Waals surface area contributed by atoms with E-state index in [1.54, 1.807) is 6.07 Å². The zero-order valence-electron chi connectivity index (χ0n) is 13.6. The highest BCUT2D eigenvalue weighted by Crippen LogP contribution is 2.29. The summed E-state index contributed by atoms with van der Waals surface area (Å²) in [7, 11) is 0. The highest BCUT2D eigenvalue weighted by Gasteiger charge is 2.38. The lowest BCUT2D eigenvalue weighted by Gasteiger charge is -2.27. The van der Waals surface area contributed by atoms with E-state index in [0.717, 1.165) is 12.1 Å². The number of hydrogen-bond donors (Lipinski definition) is 2. The summed E-state index contributed by atoms with van der Waals surface area (Å²) in [5.74, 6) is -1.34. The summed E-state index contributed by atoms with van der Waals surface area (Å²) >= 11 is 0. The third-order valence-electron chi connectivity index (χ3n) is 4.12. The van der Waals surface area contributed by atoms with Crippen molar-refractivity contribution in [2.45, 2.75) is 43.8 Å². The highest BCUT2D eigenvalue weighted by atomic mass is 19.4. The molecule has 1 aromatic rings. The zero-order chi connectivity index (χ0) is 18.5. The first-order valence-corrected chi connectivity index (χ1v) is 7.97. The van der Waals surface area contributed by atoms with Crippen molar-refractivity contribution in [3.05, 3.63) is 35.4 Å². The Morgan fingerprint density at radius 3 is 2.68 bits per heavy atom. The number of aliphatic carboxylic acids is 1. The normalized spacial score (nSPS) is 20.4. The van der Waals surface area contributed by atoms with E-state index >= 15 is 0 Å². The fourth-order valence-corrected chi connectivity index (χ4v) is 2.89. The summed E-state index contributed by atoms with van der Waals surface area (Å²) in [5, 5.41) is 11.7. The molecule has 138 valence electrons. The topological polar surface area (TPSA) is 75.6 Å². The molecule has 0 radical (unpaired) electrons. The number of amides is 1. The van der Waals surface area contributed by atoms with Gasteiger partial charge in [0.1, 0.15) is 0 Å². The summed E-state index contributed by atoms with van der Waals surface area (Å²) in [6.07, 6.45) is -3.36. The third-order valence-corrected chi connectivity index (χ3v) is 4.12. The standard InChI is InChI=1S/C17H20F3NO4/c18-17(19,20)13-5-1-3-12(9-13)4-2-6-14(22)21-16(10-15(23)24)7-8-25-11-16/h1,3,5,9H,2,4,6-8,10-11H2,(H,21,22)(H,23,24). The SMILES string of the molecule is O=C(O)CC1(NC(=O)CCCc2cccc(C(F)(F)F)c2)CCOC1. The van der Waals surface area contributed by atoms with Crippen molar-refractivity contribution in [3.8, 4) is 0 Å². The lowest BCUT2D eigenvalue weighted by molar-refractivity contribution is -0.139. The van der Waals surface area contributed by atoms with Crippen LogP contribution < -0.4 is 5.32 Å². The van der Waals surface area contributed by atoms with Gasteiger partial charge in [0, 0.05) is 13.0 Å². The predicted octanol–water partition coefficient (Wildman–Crippen LogP) is 2.78. The highest BCUT2D eigenvalue weighted by molar-refractivity contribution is 5.78. The Labute approximate surface area is 143 Å². The van der Waals surface area contributed by atoms with Crippen LogP contribution >= 0.6 is 0 Å². The van der Waals surface area contributed by atoms with E-state index < -0.39 is 23.2 Å². The number of rotatable bonds is 7. The number of nitrogens with one attached hydrogen (secondary N) is 1. The molecule has 0 aliphatic carbocycles. The number of alkyl halides is 3. The zero-order valence-corrected chi connectivity index (χ0v) is 13.6. The van der Waals surface area contributed by atoms with Crippen LogP contribution in [0.3, 0.4) is 0 Å². The van der Waals surface area contributed by atoms with E-state index in [1.165, 1.54) is 6.07 Å².